The molecule has 0 amide bonds. The monoisotopic (exact) mass is 333 g/mol. The smallest absolute Gasteiger partial charge is 0.120 e. The molecule has 5 heteroatoms. The normalized spacial score (nSPS) is 10.3. The second kappa shape index (κ2) is 7.54. The highest BCUT2D eigenvalue weighted by molar-refractivity contribution is 5.96. The zero-order chi connectivity index (χ0) is 17.6. The number of hydrogen-bond acceptors (Lipinski definition) is 5. The van der Waals surface area contributed by atoms with Gasteiger partial charge in [0.05, 0.1) is 30.0 Å². The molecular weight excluding hydrogens is 314 g/mol. The van der Waals surface area contributed by atoms with Crippen LogP contribution in [0.1, 0.15) is 19.4 Å². The van der Waals surface area contributed by atoms with Gasteiger partial charge in [0.1, 0.15) is 17.6 Å². The Morgan fingerprint density at radius 1 is 1.00 bits per heavy atom. The van der Waals surface area contributed by atoms with Crippen LogP contribution in [0.2, 0.25) is 0 Å². The average Bonchev–Trinajstić information content (AvgIpc) is 2.64. The minimum absolute atomic E-state index is 0.482. The molecule has 0 saturated carbocycles. The van der Waals surface area contributed by atoms with Crippen LogP contribution in [0.3, 0.4) is 0 Å². The van der Waals surface area contributed by atoms with Gasteiger partial charge in [-0.1, -0.05) is 0 Å². The van der Waals surface area contributed by atoms with Crippen LogP contribution in [0.25, 0.3) is 10.9 Å². The Morgan fingerprint density at radius 3 is 2.36 bits per heavy atom. The number of anilines is 2. The Balaban J connectivity index is 2.03. The lowest BCUT2D eigenvalue weighted by Crippen LogP contribution is -1.98. The van der Waals surface area contributed by atoms with E-state index in [4.69, 9.17) is 9.47 Å². The van der Waals surface area contributed by atoms with Crippen molar-refractivity contribution in [1.82, 2.24) is 4.98 Å². The molecule has 2 aromatic carbocycles. The molecule has 5 nitrogen and oxygen atoms in total. The van der Waals surface area contributed by atoms with E-state index in [-0.39, 0.29) is 0 Å². The standard InChI is InChI=1S/C20H19N3O2/c1-3-24-16-7-5-15(6-8-16)23-20-14(12-21)13-22-19-10-9-17(25-4-2)11-18(19)20/h5-11,13H,3-4H2,1-2H3,(H,22,23). The number of nitrogens with one attached hydrogen (secondary N) is 1. The van der Waals surface area contributed by atoms with Crippen LogP contribution < -0.4 is 14.8 Å². The highest BCUT2D eigenvalue weighted by Gasteiger charge is 2.10. The zero-order valence-electron chi connectivity index (χ0n) is 14.2. The van der Waals surface area contributed by atoms with Crippen LogP contribution in [0.5, 0.6) is 11.5 Å². The van der Waals surface area contributed by atoms with Crippen LogP contribution in [-0.2, 0) is 0 Å². The Morgan fingerprint density at radius 2 is 1.68 bits per heavy atom. The number of nitrogens with zero attached hydrogens (tertiary/aromatic N) is 2. The molecule has 3 rings (SSSR count). The van der Waals surface area contributed by atoms with E-state index in [1.54, 1.807) is 6.20 Å². The fourth-order valence-corrected chi connectivity index (χ4v) is 2.59. The molecule has 0 fully saturated rings. The van der Waals surface area contributed by atoms with Crippen molar-refractivity contribution in [2.75, 3.05) is 18.5 Å². The van der Waals surface area contributed by atoms with Crippen LogP contribution in [0.15, 0.2) is 48.7 Å². The number of fused-ring (bicyclic) bond motifs is 1. The predicted molar refractivity (Wildman–Crippen MR) is 98.5 cm³/mol. The second-order valence-corrected chi connectivity index (χ2v) is 5.35. The molecule has 0 atom stereocenters. The van der Waals surface area contributed by atoms with Crippen molar-refractivity contribution >= 4 is 22.3 Å². The summed E-state index contributed by atoms with van der Waals surface area (Å²) >= 11 is 0. The molecule has 3 aromatic rings. The summed E-state index contributed by atoms with van der Waals surface area (Å²) < 4.78 is 11.0. The zero-order valence-corrected chi connectivity index (χ0v) is 14.2. The van der Waals surface area contributed by atoms with E-state index in [0.717, 1.165) is 33.8 Å². The Hall–Kier alpha value is -3.26. The number of pyridine rings is 1. The van der Waals surface area contributed by atoms with Crippen LogP contribution in [-0.4, -0.2) is 18.2 Å². The Labute approximate surface area is 146 Å². The quantitative estimate of drug-likeness (QED) is 0.711. The van der Waals surface area contributed by atoms with Gasteiger partial charge in [0.15, 0.2) is 0 Å². The van der Waals surface area contributed by atoms with Crippen LogP contribution in [0, 0.1) is 11.3 Å². The van der Waals surface area contributed by atoms with Crippen LogP contribution >= 0.6 is 0 Å². The summed E-state index contributed by atoms with van der Waals surface area (Å²) in [6.07, 6.45) is 1.58. The van der Waals surface area contributed by atoms with Gasteiger partial charge in [-0.25, -0.2) is 0 Å². The number of hydrogen-bond donors (Lipinski definition) is 1. The summed E-state index contributed by atoms with van der Waals surface area (Å²) in [5, 5.41) is 13.6. The van der Waals surface area contributed by atoms with E-state index in [1.807, 2.05) is 56.3 Å². The molecule has 1 heterocycles. The summed E-state index contributed by atoms with van der Waals surface area (Å²) in [5.41, 5.74) is 2.87. The molecule has 1 aromatic heterocycles. The average molecular weight is 333 g/mol. The lowest BCUT2D eigenvalue weighted by atomic mass is 10.1. The van der Waals surface area contributed by atoms with E-state index in [9.17, 15) is 5.26 Å². The maximum Gasteiger partial charge on any atom is 0.120 e. The molecule has 25 heavy (non-hydrogen) atoms. The summed E-state index contributed by atoms with van der Waals surface area (Å²) in [7, 11) is 0. The van der Waals surface area contributed by atoms with Gasteiger partial charge in [0.25, 0.3) is 0 Å². The molecule has 0 saturated heterocycles. The predicted octanol–water partition coefficient (Wildman–Crippen LogP) is 4.65. The lowest BCUT2D eigenvalue weighted by molar-refractivity contribution is 0.340. The van der Waals surface area contributed by atoms with Crippen molar-refractivity contribution in [1.29, 1.82) is 5.26 Å². The molecule has 0 bridgehead atoms. The number of rotatable bonds is 6. The second-order valence-electron chi connectivity index (χ2n) is 5.35. The summed E-state index contributed by atoms with van der Waals surface area (Å²) in [6, 6.07) is 15.5. The molecule has 126 valence electrons. The van der Waals surface area contributed by atoms with Gasteiger partial charge >= 0.3 is 0 Å². The van der Waals surface area contributed by atoms with Crippen molar-refractivity contribution < 1.29 is 9.47 Å². The van der Waals surface area contributed by atoms with E-state index < -0.39 is 0 Å². The van der Waals surface area contributed by atoms with Gasteiger partial charge < -0.3 is 14.8 Å². The summed E-state index contributed by atoms with van der Waals surface area (Å²) in [4.78, 5) is 4.36. The van der Waals surface area contributed by atoms with Gasteiger partial charge in [0, 0.05) is 17.3 Å². The van der Waals surface area contributed by atoms with Crippen molar-refractivity contribution in [3.8, 4) is 17.6 Å². The Kier molecular flexibility index (Phi) is 5.00. The number of nitriles is 1. The van der Waals surface area contributed by atoms with E-state index in [1.165, 1.54) is 0 Å². The van der Waals surface area contributed by atoms with Crippen molar-refractivity contribution in [3.05, 3.63) is 54.2 Å². The highest BCUT2D eigenvalue weighted by Crippen LogP contribution is 2.31. The largest absolute Gasteiger partial charge is 0.494 e. The third-order valence-corrected chi connectivity index (χ3v) is 3.71. The van der Waals surface area contributed by atoms with Crippen LogP contribution in [0.4, 0.5) is 11.4 Å². The minimum Gasteiger partial charge on any atom is -0.494 e. The molecule has 1 N–H and O–H groups in total. The number of aromatic nitrogens is 1. The van der Waals surface area contributed by atoms with E-state index in [0.29, 0.717) is 18.8 Å². The maximum absolute atomic E-state index is 9.46. The molecule has 0 aliphatic carbocycles. The fraction of sp³-hybridized carbons (Fsp3) is 0.200. The molecule has 0 unspecified atom stereocenters. The van der Waals surface area contributed by atoms with Gasteiger partial charge in [-0.15, -0.1) is 0 Å². The number of ether oxygens (including phenoxy) is 2. The Bertz CT molecular complexity index is 915. The van der Waals surface area contributed by atoms with Gasteiger partial charge in [-0.05, 0) is 56.3 Å². The number of benzene rings is 2. The first-order chi connectivity index (χ1) is 12.2. The van der Waals surface area contributed by atoms with Gasteiger partial charge in [-0.3, -0.25) is 4.98 Å². The minimum atomic E-state index is 0.482. The fourth-order valence-electron chi connectivity index (χ4n) is 2.59. The highest BCUT2D eigenvalue weighted by atomic mass is 16.5. The first-order valence-electron chi connectivity index (χ1n) is 8.20. The molecule has 0 aliphatic heterocycles. The molecule has 0 aliphatic rings. The molecule has 0 radical (unpaired) electrons. The third-order valence-electron chi connectivity index (χ3n) is 3.71. The summed E-state index contributed by atoms with van der Waals surface area (Å²) in [5.74, 6) is 1.56. The molecule has 0 spiro atoms. The van der Waals surface area contributed by atoms with Crippen molar-refractivity contribution in [2.24, 2.45) is 0 Å². The lowest BCUT2D eigenvalue weighted by Gasteiger charge is -2.13. The van der Waals surface area contributed by atoms with E-state index in [2.05, 4.69) is 16.4 Å². The topological polar surface area (TPSA) is 67.2 Å². The maximum atomic E-state index is 9.46. The third kappa shape index (κ3) is 3.64. The SMILES string of the molecule is CCOc1ccc(Nc2c(C#N)cnc3ccc(OCC)cc23)cc1. The van der Waals surface area contributed by atoms with Crippen molar-refractivity contribution in [3.63, 3.8) is 0 Å². The summed E-state index contributed by atoms with van der Waals surface area (Å²) in [6.45, 7) is 5.09. The van der Waals surface area contributed by atoms with Gasteiger partial charge in [0.2, 0.25) is 0 Å². The van der Waals surface area contributed by atoms with Crippen molar-refractivity contribution in [2.45, 2.75) is 13.8 Å². The molecular formula is C20H19N3O2. The first kappa shape index (κ1) is 16.6. The van der Waals surface area contributed by atoms with Gasteiger partial charge in [-0.2, -0.15) is 5.26 Å². The van der Waals surface area contributed by atoms with E-state index >= 15 is 0 Å². The first-order valence-corrected chi connectivity index (χ1v) is 8.20.